The molecule has 0 heterocycles. The lowest BCUT2D eigenvalue weighted by Crippen LogP contribution is -2.34. The van der Waals surface area contributed by atoms with E-state index in [9.17, 15) is 9.59 Å². The molecule has 4 nitrogen and oxygen atoms in total. The molecule has 1 N–H and O–H groups in total. The van der Waals surface area contributed by atoms with Gasteiger partial charge >= 0.3 is 5.97 Å². The van der Waals surface area contributed by atoms with E-state index in [4.69, 9.17) is 5.11 Å². The predicted octanol–water partition coefficient (Wildman–Crippen LogP) is 1.45. The molecular formula is C10H19NO3S. The van der Waals surface area contributed by atoms with Crippen LogP contribution in [0.2, 0.25) is 0 Å². The van der Waals surface area contributed by atoms with Crippen molar-refractivity contribution in [2.24, 2.45) is 0 Å². The first-order valence-electron chi connectivity index (χ1n) is 5.19. The molecule has 1 amide bonds. The zero-order valence-electron chi connectivity index (χ0n) is 9.36. The second-order valence-electron chi connectivity index (χ2n) is 3.27. The maximum absolute atomic E-state index is 11.6. The van der Waals surface area contributed by atoms with Crippen LogP contribution in [0.25, 0.3) is 0 Å². The van der Waals surface area contributed by atoms with Crippen LogP contribution in [0.4, 0.5) is 0 Å². The smallest absolute Gasteiger partial charge is 0.313 e. The molecule has 0 bridgehead atoms. The Morgan fingerprint density at radius 2 is 1.67 bits per heavy atom. The summed E-state index contributed by atoms with van der Waals surface area (Å²) in [4.78, 5) is 23.7. The van der Waals surface area contributed by atoms with E-state index >= 15 is 0 Å². The number of thioether (sulfide) groups is 1. The molecule has 0 aromatic heterocycles. The summed E-state index contributed by atoms with van der Waals surface area (Å²) in [5, 5.41) is 8.43. The molecule has 0 spiro atoms. The maximum Gasteiger partial charge on any atom is 0.313 e. The second-order valence-corrected chi connectivity index (χ2v) is 4.25. The van der Waals surface area contributed by atoms with Crippen molar-refractivity contribution < 1.29 is 14.7 Å². The van der Waals surface area contributed by atoms with Crippen molar-refractivity contribution in [3.05, 3.63) is 0 Å². The molecule has 0 aromatic carbocycles. The Bertz CT molecular complexity index is 203. The number of carbonyl (C=O) groups excluding carboxylic acids is 1. The Morgan fingerprint density at radius 3 is 2.07 bits per heavy atom. The number of rotatable bonds is 8. The van der Waals surface area contributed by atoms with Gasteiger partial charge in [-0.25, -0.2) is 0 Å². The summed E-state index contributed by atoms with van der Waals surface area (Å²) in [7, 11) is 0. The minimum absolute atomic E-state index is 0.00215. The fourth-order valence-corrected chi connectivity index (χ4v) is 1.85. The highest BCUT2D eigenvalue weighted by molar-refractivity contribution is 8.00. The molecule has 0 aliphatic rings. The van der Waals surface area contributed by atoms with Crippen LogP contribution in [0.15, 0.2) is 0 Å². The second kappa shape index (κ2) is 8.59. The van der Waals surface area contributed by atoms with Crippen molar-refractivity contribution in [3.8, 4) is 0 Å². The molecule has 0 fully saturated rings. The maximum atomic E-state index is 11.6. The van der Waals surface area contributed by atoms with E-state index in [0.29, 0.717) is 0 Å². The Morgan fingerprint density at radius 1 is 1.13 bits per heavy atom. The van der Waals surface area contributed by atoms with Crippen LogP contribution < -0.4 is 0 Å². The predicted molar refractivity (Wildman–Crippen MR) is 62.1 cm³/mol. The zero-order chi connectivity index (χ0) is 11.7. The Hall–Kier alpha value is -0.710. The van der Waals surface area contributed by atoms with E-state index in [1.807, 2.05) is 13.8 Å². The molecule has 0 rings (SSSR count). The van der Waals surface area contributed by atoms with Crippen LogP contribution in [0.1, 0.15) is 26.7 Å². The fraction of sp³-hybridized carbons (Fsp3) is 0.800. The standard InChI is InChI=1S/C10H19NO3S/c1-3-5-11(6-4-2)9(12)7-15-8-10(13)14/h3-8H2,1-2H3,(H,13,14). The average molecular weight is 233 g/mol. The molecule has 0 aromatic rings. The van der Waals surface area contributed by atoms with Crippen molar-refractivity contribution in [2.75, 3.05) is 24.6 Å². The average Bonchev–Trinajstić information content (AvgIpc) is 2.16. The number of carboxylic acid groups (broad SMARTS) is 1. The third kappa shape index (κ3) is 7.25. The molecule has 0 unspecified atom stereocenters. The highest BCUT2D eigenvalue weighted by Gasteiger charge is 2.11. The van der Waals surface area contributed by atoms with Crippen molar-refractivity contribution in [1.82, 2.24) is 4.90 Å². The summed E-state index contributed by atoms with van der Waals surface area (Å²) in [6, 6.07) is 0. The number of nitrogens with zero attached hydrogens (tertiary/aromatic N) is 1. The summed E-state index contributed by atoms with van der Waals surface area (Å²) < 4.78 is 0. The Balaban J connectivity index is 3.85. The Kier molecular flexibility index (Phi) is 8.18. The van der Waals surface area contributed by atoms with Gasteiger partial charge in [0.25, 0.3) is 0 Å². The summed E-state index contributed by atoms with van der Waals surface area (Å²) in [6.45, 7) is 5.58. The summed E-state index contributed by atoms with van der Waals surface area (Å²) in [6.07, 6.45) is 1.88. The Labute approximate surface area is 95.0 Å². The quantitative estimate of drug-likeness (QED) is 0.689. The molecule has 0 aliphatic heterocycles. The van der Waals surface area contributed by atoms with Gasteiger partial charge in [-0.3, -0.25) is 9.59 Å². The summed E-state index contributed by atoms with van der Waals surface area (Å²) in [5.74, 6) is -0.556. The molecule has 0 radical (unpaired) electrons. The van der Waals surface area contributed by atoms with E-state index in [0.717, 1.165) is 37.7 Å². The molecule has 15 heavy (non-hydrogen) atoms. The normalized spacial score (nSPS) is 10.0. The van der Waals surface area contributed by atoms with Gasteiger partial charge in [0.2, 0.25) is 5.91 Å². The summed E-state index contributed by atoms with van der Waals surface area (Å²) in [5.41, 5.74) is 0. The van der Waals surface area contributed by atoms with E-state index in [1.165, 1.54) is 0 Å². The first-order chi connectivity index (χ1) is 7.11. The van der Waals surface area contributed by atoms with Crippen molar-refractivity contribution in [2.45, 2.75) is 26.7 Å². The first kappa shape index (κ1) is 14.3. The van der Waals surface area contributed by atoms with E-state index in [1.54, 1.807) is 4.90 Å². The minimum Gasteiger partial charge on any atom is -0.481 e. The third-order valence-corrected chi connectivity index (χ3v) is 2.69. The minimum atomic E-state index is -0.870. The molecule has 5 heteroatoms. The van der Waals surface area contributed by atoms with Gasteiger partial charge in [-0.15, -0.1) is 11.8 Å². The first-order valence-corrected chi connectivity index (χ1v) is 6.34. The van der Waals surface area contributed by atoms with Crippen LogP contribution in [-0.4, -0.2) is 46.5 Å². The van der Waals surface area contributed by atoms with Crippen LogP contribution >= 0.6 is 11.8 Å². The van der Waals surface area contributed by atoms with Gasteiger partial charge in [-0.05, 0) is 12.8 Å². The molecule has 88 valence electrons. The van der Waals surface area contributed by atoms with Gasteiger partial charge in [0.15, 0.2) is 0 Å². The van der Waals surface area contributed by atoms with Gasteiger partial charge in [-0.2, -0.15) is 0 Å². The number of carboxylic acids is 1. The van der Waals surface area contributed by atoms with Crippen LogP contribution in [0, 0.1) is 0 Å². The number of aliphatic carboxylic acids is 1. The molecular weight excluding hydrogens is 214 g/mol. The van der Waals surface area contributed by atoms with Crippen molar-refractivity contribution >= 4 is 23.6 Å². The molecule has 0 saturated carbocycles. The lowest BCUT2D eigenvalue weighted by Gasteiger charge is -2.20. The van der Waals surface area contributed by atoms with Crippen molar-refractivity contribution in [1.29, 1.82) is 0 Å². The van der Waals surface area contributed by atoms with E-state index in [-0.39, 0.29) is 17.4 Å². The van der Waals surface area contributed by atoms with Gasteiger partial charge in [-0.1, -0.05) is 13.8 Å². The molecule has 0 atom stereocenters. The lowest BCUT2D eigenvalue weighted by atomic mass is 10.3. The largest absolute Gasteiger partial charge is 0.481 e. The third-order valence-electron chi connectivity index (χ3n) is 1.79. The van der Waals surface area contributed by atoms with Gasteiger partial charge in [0.05, 0.1) is 11.5 Å². The van der Waals surface area contributed by atoms with Crippen LogP contribution in [-0.2, 0) is 9.59 Å². The number of amides is 1. The van der Waals surface area contributed by atoms with Gasteiger partial charge in [0.1, 0.15) is 0 Å². The van der Waals surface area contributed by atoms with Gasteiger partial charge in [0, 0.05) is 13.1 Å². The number of carbonyl (C=O) groups is 2. The molecule has 0 aliphatic carbocycles. The molecule has 0 saturated heterocycles. The highest BCUT2D eigenvalue weighted by atomic mass is 32.2. The topological polar surface area (TPSA) is 57.6 Å². The number of hydrogen-bond donors (Lipinski definition) is 1. The number of hydrogen-bond acceptors (Lipinski definition) is 3. The lowest BCUT2D eigenvalue weighted by molar-refractivity contribution is -0.133. The fourth-order valence-electron chi connectivity index (χ4n) is 1.22. The van der Waals surface area contributed by atoms with E-state index in [2.05, 4.69) is 0 Å². The van der Waals surface area contributed by atoms with Gasteiger partial charge < -0.3 is 10.0 Å². The monoisotopic (exact) mass is 233 g/mol. The van der Waals surface area contributed by atoms with Crippen LogP contribution in [0.5, 0.6) is 0 Å². The van der Waals surface area contributed by atoms with Crippen molar-refractivity contribution in [3.63, 3.8) is 0 Å². The SMILES string of the molecule is CCCN(CCC)C(=O)CSCC(=O)O. The van der Waals surface area contributed by atoms with E-state index < -0.39 is 5.97 Å². The summed E-state index contributed by atoms with van der Waals surface area (Å²) >= 11 is 1.16. The highest BCUT2D eigenvalue weighted by Crippen LogP contribution is 2.04. The zero-order valence-corrected chi connectivity index (χ0v) is 10.2. The van der Waals surface area contributed by atoms with Crippen LogP contribution in [0.3, 0.4) is 0 Å².